The average Bonchev–Trinajstić information content (AvgIpc) is 3.30. The van der Waals surface area contributed by atoms with Crippen molar-refractivity contribution in [3.8, 4) is 0 Å². The van der Waals surface area contributed by atoms with Crippen molar-refractivity contribution in [2.75, 3.05) is 26.3 Å². The van der Waals surface area contributed by atoms with Gasteiger partial charge in [0, 0.05) is 37.6 Å². The molecule has 1 N–H and O–H groups in total. The lowest BCUT2D eigenvalue weighted by molar-refractivity contribution is 0.0261. The highest BCUT2D eigenvalue weighted by atomic mass is 16.5. The SMILES string of the molecule is O=C(NCCn1cncn1)N1CC(c2ccccc2)C2COCCC21. The van der Waals surface area contributed by atoms with Crippen molar-refractivity contribution in [2.45, 2.75) is 24.9 Å². The van der Waals surface area contributed by atoms with Crippen LogP contribution < -0.4 is 5.32 Å². The average molecular weight is 341 g/mol. The summed E-state index contributed by atoms with van der Waals surface area (Å²) in [6, 6.07) is 10.7. The number of likely N-dealkylation sites (tertiary alicyclic amines) is 1. The van der Waals surface area contributed by atoms with Crippen molar-refractivity contribution >= 4 is 6.03 Å². The summed E-state index contributed by atoms with van der Waals surface area (Å²) in [7, 11) is 0. The maximum absolute atomic E-state index is 12.7. The molecule has 7 heteroatoms. The van der Waals surface area contributed by atoms with Crippen molar-refractivity contribution in [3.05, 3.63) is 48.5 Å². The van der Waals surface area contributed by atoms with Gasteiger partial charge >= 0.3 is 6.03 Å². The van der Waals surface area contributed by atoms with Crippen LogP contribution in [0.25, 0.3) is 0 Å². The number of aromatic nitrogens is 3. The van der Waals surface area contributed by atoms with Gasteiger partial charge in [-0.3, -0.25) is 4.68 Å². The maximum atomic E-state index is 12.7. The summed E-state index contributed by atoms with van der Waals surface area (Å²) in [5.74, 6) is 0.713. The molecule has 3 unspecified atom stereocenters. The minimum absolute atomic E-state index is 0.00967. The molecular formula is C18H23N5O2. The van der Waals surface area contributed by atoms with Crippen LogP contribution in [0.3, 0.4) is 0 Å². The van der Waals surface area contributed by atoms with E-state index in [4.69, 9.17) is 4.74 Å². The lowest BCUT2D eigenvalue weighted by atomic mass is 9.84. The number of carbonyl (C=O) groups excluding carboxylic acids is 1. The standard InChI is InChI=1S/C18H23N5O2/c24-18(20-7-8-22-13-19-12-21-22)23-10-15(14-4-2-1-3-5-14)16-11-25-9-6-17(16)23/h1-5,12-13,15-17H,6-11H2,(H,20,24). The van der Waals surface area contributed by atoms with Crippen molar-refractivity contribution in [1.82, 2.24) is 25.0 Å². The molecule has 1 aromatic carbocycles. The summed E-state index contributed by atoms with van der Waals surface area (Å²) in [5.41, 5.74) is 1.29. The van der Waals surface area contributed by atoms with Crippen LogP contribution in [-0.4, -0.2) is 58.0 Å². The van der Waals surface area contributed by atoms with Gasteiger partial charge in [0.15, 0.2) is 0 Å². The van der Waals surface area contributed by atoms with Crippen LogP contribution in [0.5, 0.6) is 0 Å². The number of amides is 2. The molecule has 0 saturated carbocycles. The first-order chi connectivity index (χ1) is 12.3. The van der Waals surface area contributed by atoms with E-state index in [0.717, 1.165) is 26.2 Å². The van der Waals surface area contributed by atoms with E-state index in [2.05, 4.69) is 39.7 Å². The van der Waals surface area contributed by atoms with E-state index in [1.54, 1.807) is 11.0 Å². The number of ether oxygens (including phenoxy) is 1. The van der Waals surface area contributed by atoms with E-state index < -0.39 is 0 Å². The largest absolute Gasteiger partial charge is 0.381 e. The topological polar surface area (TPSA) is 72.3 Å². The molecule has 0 aliphatic carbocycles. The second kappa shape index (κ2) is 7.23. The predicted octanol–water partition coefficient (Wildman–Crippen LogP) is 1.49. The molecule has 1 aromatic heterocycles. The lowest BCUT2D eigenvalue weighted by Crippen LogP contribution is -2.47. The first kappa shape index (κ1) is 16.1. The Morgan fingerprint density at radius 3 is 3.00 bits per heavy atom. The summed E-state index contributed by atoms with van der Waals surface area (Å²) in [6.45, 7) is 3.37. The van der Waals surface area contributed by atoms with Crippen LogP contribution in [0.4, 0.5) is 4.79 Å². The Morgan fingerprint density at radius 2 is 2.20 bits per heavy atom. The third-order valence-corrected chi connectivity index (χ3v) is 5.25. The smallest absolute Gasteiger partial charge is 0.317 e. The van der Waals surface area contributed by atoms with E-state index in [-0.39, 0.29) is 12.1 Å². The number of hydrogen-bond donors (Lipinski definition) is 1. The van der Waals surface area contributed by atoms with Gasteiger partial charge < -0.3 is 15.0 Å². The minimum atomic E-state index is 0.00967. The molecule has 2 aromatic rings. The molecule has 2 amide bonds. The molecule has 3 heterocycles. The lowest BCUT2D eigenvalue weighted by Gasteiger charge is -2.32. The number of nitrogens with one attached hydrogen (secondary N) is 1. The Kier molecular flexibility index (Phi) is 4.65. The fourth-order valence-corrected chi connectivity index (χ4v) is 4.02. The Balaban J connectivity index is 1.42. The second-order valence-electron chi connectivity index (χ2n) is 6.65. The maximum Gasteiger partial charge on any atom is 0.317 e. The Labute approximate surface area is 147 Å². The fourth-order valence-electron chi connectivity index (χ4n) is 4.02. The van der Waals surface area contributed by atoms with Gasteiger partial charge in [0.2, 0.25) is 0 Å². The highest BCUT2D eigenvalue weighted by molar-refractivity contribution is 5.75. The van der Waals surface area contributed by atoms with Crippen molar-refractivity contribution in [1.29, 1.82) is 0 Å². The Hall–Kier alpha value is -2.41. The zero-order valence-electron chi connectivity index (χ0n) is 14.1. The molecular weight excluding hydrogens is 318 g/mol. The zero-order chi connectivity index (χ0) is 17.1. The van der Waals surface area contributed by atoms with Crippen LogP contribution in [-0.2, 0) is 11.3 Å². The van der Waals surface area contributed by atoms with Crippen LogP contribution in [0.15, 0.2) is 43.0 Å². The van der Waals surface area contributed by atoms with E-state index in [0.29, 0.717) is 24.9 Å². The van der Waals surface area contributed by atoms with Crippen LogP contribution >= 0.6 is 0 Å². The van der Waals surface area contributed by atoms with Crippen LogP contribution in [0.2, 0.25) is 0 Å². The highest BCUT2D eigenvalue weighted by Gasteiger charge is 2.45. The molecule has 3 atom stereocenters. The zero-order valence-corrected chi connectivity index (χ0v) is 14.1. The second-order valence-corrected chi connectivity index (χ2v) is 6.65. The summed E-state index contributed by atoms with van der Waals surface area (Å²) >= 11 is 0. The number of hydrogen-bond acceptors (Lipinski definition) is 4. The van der Waals surface area contributed by atoms with E-state index in [1.165, 1.54) is 11.9 Å². The van der Waals surface area contributed by atoms with Gasteiger partial charge in [0.05, 0.1) is 13.2 Å². The van der Waals surface area contributed by atoms with Gasteiger partial charge in [-0.2, -0.15) is 5.10 Å². The van der Waals surface area contributed by atoms with E-state index >= 15 is 0 Å². The highest BCUT2D eigenvalue weighted by Crippen LogP contribution is 2.40. The van der Waals surface area contributed by atoms with Gasteiger partial charge in [0.1, 0.15) is 12.7 Å². The molecule has 2 aliphatic heterocycles. The summed E-state index contributed by atoms with van der Waals surface area (Å²) in [5, 5.41) is 7.08. The van der Waals surface area contributed by atoms with Gasteiger partial charge in [-0.1, -0.05) is 30.3 Å². The van der Waals surface area contributed by atoms with E-state index in [9.17, 15) is 4.79 Å². The monoisotopic (exact) mass is 341 g/mol. The molecule has 7 nitrogen and oxygen atoms in total. The number of fused-ring (bicyclic) bond motifs is 1. The van der Waals surface area contributed by atoms with E-state index in [1.807, 2.05) is 11.0 Å². The number of rotatable bonds is 4. The van der Waals surface area contributed by atoms with Gasteiger partial charge in [-0.05, 0) is 12.0 Å². The summed E-state index contributed by atoms with van der Waals surface area (Å²) in [4.78, 5) is 18.7. The molecule has 132 valence electrons. The third kappa shape index (κ3) is 3.37. The minimum Gasteiger partial charge on any atom is -0.381 e. The summed E-state index contributed by atoms with van der Waals surface area (Å²) < 4.78 is 7.43. The number of nitrogens with zero attached hydrogens (tertiary/aromatic N) is 4. The van der Waals surface area contributed by atoms with Gasteiger partial charge in [0.25, 0.3) is 0 Å². The fraction of sp³-hybridized carbons (Fsp3) is 0.500. The summed E-state index contributed by atoms with van der Waals surface area (Å²) in [6.07, 6.45) is 4.06. The molecule has 2 saturated heterocycles. The number of urea groups is 1. The van der Waals surface area contributed by atoms with Gasteiger partial charge in [-0.15, -0.1) is 0 Å². The van der Waals surface area contributed by atoms with Crippen molar-refractivity contribution in [3.63, 3.8) is 0 Å². The molecule has 0 radical (unpaired) electrons. The molecule has 2 aliphatic rings. The molecule has 25 heavy (non-hydrogen) atoms. The first-order valence-electron chi connectivity index (χ1n) is 8.82. The Bertz CT molecular complexity index is 691. The third-order valence-electron chi connectivity index (χ3n) is 5.25. The van der Waals surface area contributed by atoms with Crippen molar-refractivity contribution in [2.24, 2.45) is 5.92 Å². The molecule has 4 rings (SSSR count). The number of carbonyl (C=O) groups is 1. The normalized spacial score (nSPS) is 25.6. The van der Waals surface area contributed by atoms with Crippen LogP contribution in [0, 0.1) is 5.92 Å². The Morgan fingerprint density at radius 1 is 1.32 bits per heavy atom. The molecule has 0 bridgehead atoms. The first-order valence-corrected chi connectivity index (χ1v) is 8.82. The quantitative estimate of drug-likeness (QED) is 0.915. The predicted molar refractivity (Wildman–Crippen MR) is 92.0 cm³/mol. The van der Waals surface area contributed by atoms with Crippen LogP contribution in [0.1, 0.15) is 17.9 Å². The molecule has 2 fully saturated rings. The van der Waals surface area contributed by atoms with Crippen molar-refractivity contribution < 1.29 is 9.53 Å². The number of benzene rings is 1. The van der Waals surface area contributed by atoms with Gasteiger partial charge in [-0.25, -0.2) is 9.78 Å². The molecule has 0 spiro atoms.